The van der Waals surface area contributed by atoms with Crippen LogP contribution in [0.5, 0.6) is 5.75 Å². The van der Waals surface area contributed by atoms with E-state index in [1.807, 2.05) is 0 Å². The van der Waals surface area contributed by atoms with Gasteiger partial charge in [0.25, 0.3) is 0 Å². The maximum atomic E-state index is 12.4. The lowest BCUT2D eigenvalue weighted by Gasteiger charge is -2.18. The third kappa shape index (κ3) is 6.71. The number of hydrogen-bond acceptors (Lipinski definition) is 5. The van der Waals surface area contributed by atoms with Crippen LogP contribution in [0.3, 0.4) is 0 Å². The van der Waals surface area contributed by atoms with Crippen LogP contribution in [0.25, 0.3) is 6.08 Å². The standard InChI is InChI=1S/C21H25N3O5S/c1-14(17-5-4-6-19(13-17)30(22,27)28)24-21(26)15(2)23-20(25)12-9-16-7-10-18(29-3)11-8-16/h4-15H,1-3H3,(H,23,25)(H,24,26)(H2,22,27,28)/b12-9+. The van der Waals surface area contributed by atoms with Crippen molar-refractivity contribution in [2.45, 2.75) is 30.8 Å². The molecular weight excluding hydrogens is 406 g/mol. The molecule has 0 spiro atoms. The molecule has 0 aromatic heterocycles. The molecule has 0 heterocycles. The highest BCUT2D eigenvalue weighted by molar-refractivity contribution is 7.89. The molecule has 0 aliphatic heterocycles. The third-order valence-electron chi connectivity index (χ3n) is 4.34. The van der Waals surface area contributed by atoms with Crippen molar-refractivity contribution < 1.29 is 22.7 Å². The summed E-state index contributed by atoms with van der Waals surface area (Å²) in [5.41, 5.74) is 1.39. The smallest absolute Gasteiger partial charge is 0.244 e. The first kappa shape index (κ1) is 23.1. The second kappa shape index (κ2) is 10.0. The van der Waals surface area contributed by atoms with E-state index in [1.54, 1.807) is 63.4 Å². The van der Waals surface area contributed by atoms with Crippen LogP contribution in [0.2, 0.25) is 0 Å². The molecule has 2 unspecified atom stereocenters. The van der Waals surface area contributed by atoms with Gasteiger partial charge in [-0.3, -0.25) is 9.59 Å². The van der Waals surface area contributed by atoms with Gasteiger partial charge in [0.05, 0.1) is 18.0 Å². The number of amides is 2. The largest absolute Gasteiger partial charge is 0.497 e. The first-order valence-corrected chi connectivity index (χ1v) is 10.7. The van der Waals surface area contributed by atoms with Crippen LogP contribution >= 0.6 is 0 Å². The molecule has 2 atom stereocenters. The number of carbonyl (C=O) groups is 2. The fourth-order valence-electron chi connectivity index (χ4n) is 2.60. The van der Waals surface area contributed by atoms with Gasteiger partial charge in [-0.25, -0.2) is 13.6 Å². The van der Waals surface area contributed by atoms with Crippen molar-refractivity contribution in [2.24, 2.45) is 5.14 Å². The summed E-state index contributed by atoms with van der Waals surface area (Å²) < 4.78 is 28.0. The van der Waals surface area contributed by atoms with Crippen LogP contribution in [-0.4, -0.2) is 33.4 Å². The molecule has 8 nitrogen and oxygen atoms in total. The second-order valence-electron chi connectivity index (χ2n) is 6.68. The molecule has 9 heteroatoms. The van der Waals surface area contributed by atoms with Crippen molar-refractivity contribution in [3.05, 3.63) is 65.7 Å². The number of benzene rings is 2. The van der Waals surface area contributed by atoms with Crippen molar-refractivity contribution in [3.63, 3.8) is 0 Å². The zero-order valence-electron chi connectivity index (χ0n) is 17.0. The zero-order valence-corrected chi connectivity index (χ0v) is 17.8. The summed E-state index contributed by atoms with van der Waals surface area (Å²) in [6.07, 6.45) is 2.96. The number of hydrogen-bond donors (Lipinski definition) is 3. The molecule has 2 amide bonds. The lowest BCUT2D eigenvalue weighted by molar-refractivity contribution is -0.127. The third-order valence-corrected chi connectivity index (χ3v) is 5.25. The number of nitrogens with two attached hydrogens (primary N) is 1. The van der Waals surface area contributed by atoms with E-state index in [0.717, 1.165) is 5.56 Å². The van der Waals surface area contributed by atoms with E-state index in [0.29, 0.717) is 11.3 Å². The Bertz CT molecular complexity index is 1030. The van der Waals surface area contributed by atoms with E-state index >= 15 is 0 Å². The predicted molar refractivity (Wildman–Crippen MR) is 114 cm³/mol. The molecule has 4 N–H and O–H groups in total. The topological polar surface area (TPSA) is 128 Å². The number of rotatable bonds is 8. The van der Waals surface area contributed by atoms with Crippen molar-refractivity contribution >= 4 is 27.9 Å². The lowest BCUT2D eigenvalue weighted by Crippen LogP contribution is -2.45. The van der Waals surface area contributed by atoms with E-state index in [-0.39, 0.29) is 4.90 Å². The Hall–Kier alpha value is -3.17. The molecule has 0 radical (unpaired) electrons. The van der Waals surface area contributed by atoms with Crippen LogP contribution < -0.4 is 20.5 Å². The quantitative estimate of drug-likeness (QED) is 0.549. The average Bonchev–Trinajstić information content (AvgIpc) is 2.72. The van der Waals surface area contributed by atoms with Gasteiger partial charge in [0, 0.05) is 6.08 Å². The minimum atomic E-state index is -3.84. The number of nitrogens with one attached hydrogen (secondary N) is 2. The van der Waals surface area contributed by atoms with Gasteiger partial charge in [-0.05, 0) is 55.3 Å². The minimum Gasteiger partial charge on any atom is -0.497 e. The Labute approximate surface area is 176 Å². The Balaban J connectivity index is 1.93. The van der Waals surface area contributed by atoms with E-state index < -0.39 is 33.9 Å². The van der Waals surface area contributed by atoms with E-state index in [2.05, 4.69) is 10.6 Å². The van der Waals surface area contributed by atoms with Gasteiger partial charge in [0.2, 0.25) is 21.8 Å². The highest BCUT2D eigenvalue weighted by atomic mass is 32.2. The Morgan fingerprint density at radius 1 is 1.07 bits per heavy atom. The summed E-state index contributed by atoms with van der Waals surface area (Å²) in [5, 5.41) is 10.5. The van der Waals surface area contributed by atoms with E-state index in [4.69, 9.17) is 9.88 Å². The number of carbonyl (C=O) groups excluding carboxylic acids is 2. The van der Waals surface area contributed by atoms with Crippen molar-refractivity contribution in [3.8, 4) is 5.75 Å². The molecular formula is C21H25N3O5S. The summed E-state index contributed by atoms with van der Waals surface area (Å²) in [6.45, 7) is 3.26. The number of methoxy groups -OCH3 is 1. The average molecular weight is 432 g/mol. The molecule has 0 aliphatic rings. The Morgan fingerprint density at radius 2 is 1.73 bits per heavy atom. The Kier molecular flexibility index (Phi) is 7.73. The molecule has 0 saturated heterocycles. The lowest BCUT2D eigenvalue weighted by atomic mass is 10.1. The van der Waals surface area contributed by atoms with Crippen LogP contribution in [0, 0.1) is 0 Å². The fraction of sp³-hybridized carbons (Fsp3) is 0.238. The van der Waals surface area contributed by atoms with Gasteiger partial charge in [0.15, 0.2) is 0 Å². The summed E-state index contributed by atoms with van der Waals surface area (Å²) in [5.74, 6) is -0.113. The highest BCUT2D eigenvalue weighted by Gasteiger charge is 2.18. The van der Waals surface area contributed by atoms with E-state index in [1.165, 1.54) is 18.2 Å². The Morgan fingerprint density at radius 3 is 2.33 bits per heavy atom. The van der Waals surface area contributed by atoms with Gasteiger partial charge in [-0.2, -0.15) is 0 Å². The monoisotopic (exact) mass is 431 g/mol. The van der Waals surface area contributed by atoms with Gasteiger partial charge < -0.3 is 15.4 Å². The molecule has 0 fully saturated rings. The number of sulfonamides is 1. The summed E-state index contributed by atoms with van der Waals surface area (Å²) in [6, 6.07) is 11.9. The predicted octanol–water partition coefficient (Wildman–Crippen LogP) is 1.74. The summed E-state index contributed by atoms with van der Waals surface area (Å²) in [4.78, 5) is 24.4. The van der Waals surface area contributed by atoms with Crippen LogP contribution in [0.4, 0.5) is 0 Å². The van der Waals surface area contributed by atoms with E-state index in [9.17, 15) is 18.0 Å². The number of ether oxygens (including phenoxy) is 1. The molecule has 2 rings (SSSR count). The molecule has 30 heavy (non-hydrogen) atoms. The van der Waals surface area contributed by atoms with Gasteiger partial charge in [-0.1, -0.05) is 24.3 Å². The van der Waals surface area contributed by atoms with Crippen molar-refractivity contribution in [1.29, 1.82) is 0 Å². The van der Waals surface area contributed by atoms with Gasteiger partial charge in [0.1, 0.15) is 11.8 Å². The van der Waals surface area contributed by atoms with Crippen LogP contribution in [0.1, 0.15) is 31.0 Å². The maximum Gasteiger partial charge on any atom is 0.244 e. The van der Waals surface area contributed by atoms with Crippen LogP contribution in [0.15, 0.2) is 59.5 Å². The van der Waals surface area contributed by atoms with Gasteiger partial charge >= 0.3 is 0 Å². The number of primary sulfonamides is 1. The molecule has 0 saturated carbocycles. The molecule has 0 bridgehead atoms. The first-order valence-electron chi connectivity index (χ1n) is 9.16. The maximum absolute atomic E-state index is 12.4. The second-order valence-corrected chi connectivity index (χ2v) is 8.25. The van der Waals surface area contributed by atoms with Gasteiger partial charge in [-0.15, -0.1) is 0 Å². The molecule has 0 aliphatic carbocycles. The van der Waals surface area contributed by atoms with Crippen molar-refractivity contribution in [2.75, 3.05) is 7.11 Å². The molecule has 2 aromatic rings. The fourth-order valence-corrected chi connectivity index (χ4v) is 3.17. The molecule has 160 valence electrons. The first-order chi connectivity index (χ1) is 14.1. The molecule has 2 aromatic carbocycles. The summed E-state index contributed by atoms with van der Waals surface area (Å²) >= 11 is 0. The van der Waals surface area contributed by atoms with Crippen molar-refractivity contribution in [1.82, 2.24) is 10.6 Å². The SMILES string of the molecule is COc1ccc(/C=C/C(=O)NC(C)C(=O)NC(C)c2cccc(S(N)(=O)=O)c2)cc1. The zero-order chi connectivity index (χ0) is 22.3. The van der Waals surface area contributed by atoms with Crippen LogP contribution in [-0.2, 0) is 19.6 Å². The minimum absolute atomic E-state index is 0.0360. The summed E-state index contributed by atoms with van der Waals surface area (Å²) in [7, 11) is -2.27. The highest BCUT2D eigenvalue weighted by Crippen LogP contribution is 2.17. The normalized spacial score (nSPS) is 13.5.